The lowest BCUT2D eigenvalue weighted by Crippen LogP contribution is -2.26. The van der Waals surface area contributed by atoms with Crippen LogP contribution in [0.3, 0.4) is 0 Å². The van der Waals surface area contributed by atoms with E-state index in [1.807, 2.05) is 19.1 Å². The van der Waals surface area contributed by atoms with Crippen LogP contribution in [0.15, 0.2) is 24.3 Å². The number of alkyl halides is 1. The van der Waals surface area contributed by atoms with Gasteiger partial charge in [0.15, 0.2) is 0 Å². The van der Waals surface area contributed by atoms with Gasteiger partial charge < -0.3 is 5.73 Å². The van der Waals surface area contributed by atoms with Gasteiger partial charge in [-0.05, 0) is 12.5 Å². The van der Waals surface area contributed by atoms with Crippen molar-refractivity contribution in [2.75, 3.05) is 0 Å². The number of primary amides is 1. The first-order chi connectivity index (χ1) is 6.52. The molecule has 0 unspecified atom stereocenters. The Morgan fingerprint density at radius 1 is 1.29 bits per heavy atom. The predicted molar refractivity (Wildman–Crippen MR) is 57.0 cm³/mol. The summed E-state index contributed by atoms with van der Waals surface area (Å²) in [6.07, 6.45) is 0. The number of carbonyl (C=O) groups is 2. The number of hydrogen-bond acceptors (Lipinski definition) is 2. The molecule has 1 amide bonds. The molecule has 0 bridgehead atoms. The summed E-state index contributed by atoms with van der Waals surface area (Å²) in [5.74, 6) is -1.55. The van der Waals surface area contributed by atoms with Gasteiger partial charge in [-0.2, -0.15) is 0 Å². The highest BCUT2D eigenvalue weighted by Crippen LogP contribution is 2.23. The third kappa shape index (κ3) is 2.42. The Hall–Kier alpha value is -1.16. The summed E-state index contributed by atoms with van der Waals surface area (Å²) in [6, 6.07) is 7.32. The Bertz CT molecular complexity index is 359. The van der Waals surface area contributed by atoms with Gasteiger partial charge in [0.1, 0.15) is 4.83 Å². The molecule has 1 aromatic rings. The summed E-state index contributed by atoms with van der Waals surface area (Å²) >= 11 is 3.13. The van der Waals surface area contributed by atoms with Crippen LogP contribution in [0.1, 0.15) is 16.0 Å². The van der Waals surface area contributed by atoms with Gasteiger partial charge >= 0.3 is 0 Å². The van der Waals surface area contributed by atoms with E-state index in [2.05, 4.69) is 15.9 Å². The minimum Gasteiger partial charge on any atom is -0.363 e. The normalized spacial score (nSPS) is 12.1. The molecule has 1 atom stereocenters. The Balaban J connectivity index is 2.89. The number of carbonyl (C=O) groups excluding carboxylic acids is 2. The van der Waals surface area contributed by atoms with Crippen molar-refractivity contribution in [2.45, 2.75) is 11.8 Å². The van der Waals surface area contributed by atoms with E-state index in [0.29, 0.717) is 0 Å². The molecule has 1 aromatic carbocycles. The van der Waals surface area contributed by atoms with Crippen LogP contribution in [-0.2, 0) is 9.59 Å². The van der Waals surface area contributed by atoms with Crippen LogP contribution in [0.25, 0.3) is 0 Å². The highest BCUT2D eigenvalue weighted by Gasteiger charge is 2.21. The van der Waals surface area contributed by atoms with Crippen molar-refractivity contribution in [2.24, 2.45) is 5.73 Å². The number of halogens is 1. The van der Waals surface area contributed by atoms with E-state index in [-0.39, 0.29) is 0 Å². The molecular weight excluding hydrogens is 246 g/mol. The highest BCUT2D eigenvalue weighted by atomic mass is 79.9. The van der Waals surface area contributed by atoms with Gasteiger partial charge in [0, 0.05) is 0 Å². The minimum atomic E-state index is -0.924. The van der Waals surface area contributed by atoms with Gasteiger partial charge in [0.25, 0.3) is 5.91 Å². The Morgan fingerprint density at radius 2 is 1.79 bits per heavy atom. The van der Waals surface area contributed by atoms with E-state index >= 15 is 0 Å². The molecule has 0 aliphatic carbocycles. The van der Waals surface area contributed by atoms with Crippen LogP contribution in [0, 0.1) is 6.92 Å². The third-order valence-corrected chi connectivity index (χ3v) is 2.79. The second-order valence-corrected chi connectivity index (χ2v) is 3.92. The molecule has 0 fully saturated rings. The minimum absolute atomic E-state index is 0.631. The van der Waals surface area contributed by atoms with E-state index in [0.717, 1.165) is 11.1 Å². The molecular formula is C10H10BrNO2. The van der Waals surface area contributed by atoms with Crippen molar-refractivity contribution >= 4 is 27.6 Å². The molecule has 2 N–H and O–H groups in total. The first-order valence-electron chi connectivity index (χ1n) is 4.06. The average molecular weight is 256 g/mol. The molecule has 1 rings (SSSR count). The maximum atomic E-state index is 11.2. The largest absolute Gasteiger partial charge is 0.363 e. The lowest BCUT2D eigenvalue weighted by atomic mass is 10.1. The zero-order chi connectivity index (χ0) is 10.7. The Labute approximate surface area is 90.4 Å². The van der Waals surface area contributed by atoms with Gasteiger partial charge in [-0.15, -0.1) is 0 Å². The number of Topliss-reactive ketones (excluding diaryl/α,β-unsaturated/α-hetero) is 1. The van der Waals surface area contributed by atoms with Crippen molar-refractivity contribution in [1.29, 1.82) is 0 Å². The Morgan fingerprint density at radius 3 is 2.21 bits per heavy atom. The van der Waals surface area contributed by atoms with Gasteiger partial charge in [-0.25, -0.2) is 0 Å². The maximum Gasteiger partial charge on any atom is 0.286 e. The summed E-state index contributed by atoms with van der Waals surface area (Å²) in [5.41, 5.74) is 6.72. The van der Waals surface area contributed by atoms with Crippen LogP contribution in [0.5, 0.6) is 0 Å². The molecule has 0 saturated carbocycles. The molecule has 4 heteroatoms. The smallest absolute Gasteiger partial charge is 0.286 e. The summed E-state index contributed by atoms with van der Waals surface area (Å²) in [7, 11) is 0. The van der Waals surface area contributed by atoms with Crippen molar-refractivity contribution < 1.29 is 9.59 Å². The fourth-order valence-corrected chi connectivity index (χ4v) is 1.54. The topological polar surface area (TPSA) is 60.2 Å². The zero-order valence-corrected chi connectivity index (χ0v) is 9.24. The fraction of sp³-hybridized carbons (Fsp3) is 0.200. The van der Waals surface area contributed by atoms with Crippen LogP contribution in [0.2, 0.25) is 0 Å². The number of hydrogen-bond donors (Lipinski definition) is 1. The van der Waals surface area contributed by atoms with Gasteiger partial charge in [-0.1, -0.05) is 45.8 Å². The van der Waals surface area contributed by atoms with Crippen molar-refractivity contribution in [3.8, 4) is 0 Å². The van der Waals surface area contributed by atoms with E-state index in [1.165, 1.54) is 0 Å². The molecule has 0 radical (unpaired) electrons. The molecule has 0 aliphatic rings. The van der Waals surface area contributed by atoms with E-state index in [1.54, 1.807) is 12.1 Å². The Kier molecular flexibility index (Phi) is 3.41. The van der Waals surface area contributed by atoms with Crippen LogP contribution in [0.4, 0.5) is 0 Å². The molecule has 0 heterocycles. The standard InChI is InChI=1S/C10H10BrNO2/c1-6-2-4-7(5-3-6)8(11)9(13)10(12)14/h2-5,8H,1H3,(H2,12,14)/t8-/m0/s1. The predicted octanol–water partition coefficient (Wildman–Crippen LogP) is 1.49. The van der Waals surface area contributed by atoms with Crippen LogP contribution >= 0.6 is 15.9 Å². The second-order valence-electron chi connectivity index (χ2n) is 3.00. The fourth-order valence-electron chi connectivity index (χ4n) is 1.01. The van der Waals surface area contributed by atoms with E-state index in [9.17, 15) is 9.59 Å². The summed E-state index contributed by atoms with van der Waals surface area (Å²) < 4.78 is 0. The number of benzene rings is 1. The molecule has 0 spiro atoms. The van der Waals surface area contributed by atoms with Crippen molar-refractivity contribution in [3.63, 3.8) is 0 Å². The first-order valence-corrected chi connectivity index (χ1v) is 4.98. The van der Waals surface area contributed by atoms with Crippen LogP contribution < -0.4 is 5.73 Å². The van der Waals surface area contributed by atoms with E-state index < -0.39 is 16.5 Å². The van der Waals surface area contributed by atoms with E-state index in [4.69, 9.17) is 5.73 Å². The second kappa shape index (κ2) is 4.37. The van der Waals surface area contributed by atoms with Crippen LogP contribution in [-0.4, -0.2) is 11.7 Å². The first kappa shape index (κ1) is 10.9. The van der Waals surface area contributed by atoms with Crippen molar-refractivity contribution in [3.05, 3.63) is 35.4 Å². The molecule has 0 aromatic heterocycles. The number of ketones is 1. The molecule has 14 heavy (non-hydrogen) atoms. The zero-order valence-electron chi connectivity index (χ0n) is 7.66. The number of rotatable bonds is 3. The van der Waals surface area contributed by atoms with Gasteiger partial charge in [0.05, 0.1) is 0 Å². The summed E-state index contributed by atoms with van der Waals surface area (Å²) in [6.45, 7) is 1.95. The maximum absolute atomic E-state index is 11.2. The average Bonchev–Trinajstić information content (AvgIpc) is 2.16. The number of amides is 1. The highest BCUT2D eigenvalue weighted by molar-refractivity contribution is 9.09. The molecule has 0 aliphatic heterocycles. The molecule has 3 nitrogen and oxygen atoms in total. The lowest BCUT2D eigenvalue weighted by molar-refractivity contribution is -0.135. The lowest BCUT2D eigenvalue weighted by Gasteiger charge is -2.06. The SMILES string of the molecule is Cc1ccc([C@H](Br)C(=O)C(N)=O)cc1. The van der Waals surface area contributed by atoms with Crippen molar-refractivity contribution in [1.82, 2.24) is 0 Å². The van der Waals surface area contributed by atoms with Gasteiger partial charge in [0.2, 0.25) is 5.78 Å². The van der Waals surface area contributed by atoms with Gasteiger partial charge in [-0.3, -0.25) is 9.59 Å². The summed E-state index contributed by atoms with van der Waals surface area (Å²) in [5, 5.41) is 0. The quantitative estimate of drug-likeness (QED) is 0.657. The molecule has 74 valence electrons. The summed E-state index contributed by atoms with van der Waals surface area (Å²) in [4.78, 5) is 21.2. The third-order valence-electron chi connectivity index (χ3n) is 1.84. The number of aryl methyl sites for hydroxylation is 1. The molecule has 0 saturated heterocycles. The number of nitrogens with two attached hydrogens (primary N) is 1. The monoisotopic (exact) mass is 255 g/mol.